The number of aliphatic imine (C=N–C) groups is 2. The maximum Gasteiger partial charge on any atom is 0.0754 e. The van der Waals surface area contributed by atoms with E-state index >= 15 is 0 Å². The zero-order chi connectivity index (χ0) is 25.1. The number of rotatable bonds is 2. The van der Waals surface area contributed by atoms with Gasteiger partial charge in [-0.1, -0.05) is 80.4 Å². The molecule has 0 atom stereocenters. The van der Waals surface area contributed by atoms with Crippen molar-refractivity contribution in [1.82, 2.24) is 0 Å². The molecule has 0 fully saturated rings. The van der Waals surface area contributed by atoms with Gasteiger partial charge in [-0.2, -0.15) is 0 Å². The molecule has 0 radical (unpaired) electrons. The highest BCUT2D eigenvalue weighted by Crippen LogP contribution is 2.51. The first-order valence-corrected chi connectivity index (χ1v) is 13.8. The normalized spacial score (nSPS) is 20.1. The van der Waals surface area contributed by atoms with Gasteiger partial charge >= 0.3 is 0 Å². The van der Waals surface area contributed by atoms with E-state index in [1.165, 1.54) is 22.3 Å². The van der Waals surface area contributed by atoms with Gasteiger partial charge in [0.2, 0.25) is 0 Å². The number of fused-ring (bicyclic) bond motifs is 1. The Morgan fingerprint density at radius 3 is 1.06 bits per heavy atom. The van der Waals surface area contributed by atoms with Crippen LogP contribution in [0.4, 0.5) is 11.4 Å². The average molecular weight is 598 g/mol. The molecule has 2 bridgehead atoms. The molecule has 2 nitrogen and oxygen atoms in total. The fraction of sp³-hybridized carbons (Fsp3) is 0.188. The molecule has 0 saturated heterocycles. The molecule has 4 aromatic carbocycles. The highest BCUT2D eigenvalue weighted by molar-refractivity contribution is 9.10. The van der Waals surface area contributed by atoms with E-state index in [9.17, 15) is 0 Å². The van der Waals surface area contributed by atoms with Gasteiger partial charge in [0.05, 0.1) is 34.6 Å². The van der Waals surface area contributed by atoms with Crippen LogP contribution in [0, 0.1) is 27.7 Å². The summed E-state index contributed by atoms with van der Waals surface area (Å²) in [5, 5.41) is 0. The lowest BCUT2D eigenvalue weighted by Gasteiger charge is -2.42. The summed E-state index contributed by atoms with van der Waals surface area (Å²) in [7, 11) is 0. The number of aryl methyl sites for hydroxylation is 4. The Hall–Kier alpha value is -2.82. The summed E-state index contributed by atoms with van der Waals surface area (Å²) in [6.07, 6.45) is 0. The maximum absolute atomic E-state index is 5.45. The van der Waals surface area contributed by atoms with Crippen LogP contribution in [-0.2, 0) is 0 Å². The van der Waals surface area contributed by atoms with Crippen LogP contribution in [0.5, 0.6) is 0 Å². The molecule has 0 N–H and O–H groups in total. The topological polar surface area (TPSA) is 24.7 Å². The summed E-state index contributed by atoms with van der Waals surface area (Å²) in [6.45, 7) is 8.56. The number of halogens is 2. The standard InChI is InChI=1S/C32H26Br2N2/c1-17-13-21(33)14-18(2)29(17)35-31-27-23-9-5-7-11-25(23)28(26-12-8-6-10-24(26)27)32(31)36-30-19(3)15-22(34)16-20(30)4/h5-16,27-28H,1-4H3. The molecular weight excluding hydrogens is 572 g/mol. The van der Waals surface area contributed by atoms with Crippen molar-refractivity contribution < 1.29 is 0 Å². The van der Waals surface area contributed by atoms with E-state index < -0.39 is 0 Å². The third-order valence-corrected chi connectivity index (χ3v) is 8.34. The molecule has 0 heterocycles. The third-order valence-electron chi connectivity index (χ3n) is 7.42. The number of nitrogens with zero attached hydrogens (tertiary/aromatic N) is 2. The molecule has 3 aliphatic carbocycles. The zero-order valence-electron chi connectivity index (χ0n) is 20.7. The Morgan fingerprint density at radius 1 is 0.500 bits per heavy atom. The van der Waals surface area contributed by atoms with E-state index in [0.29, 0.717) is 0 Å². The van der Waals surface area contributed by atoms with Crippen LogP contribution in [0.1, 0.15) is 56.3 Å². The minimum atomic E-state index is 0.0552. The molecule has 7 rings (SSSR count). The van der Waals surface area contributed by atoms with Crippen LogP contribution in [-0.4, -0.2) is 11.4 Å². The largest absolute Gasteiger partial charge is 0.250 e. The molecule has 0 spiro atoms. The van der Waals surface area contributed by atoms with E-state index in [2.05, 4.69) is 132 Å². The Morgan fingerprint density at radius 2 is 0.778 bits per heavy atom. The summed E-state index contributed by atoms with van der Waals surface area (Å²) in [5.74, 6) is 0.110. The Labute approximate surface area is 229 Å². The first kappa shape index (κ1) is 23.6. The van der Waals surface area contributed by atoms with Crippen LogP contribution < -0.4 is 0 Å². The van der Waals surface area contributed by atoms with Gasteiger partial charge in [0.1, 0.15) is 0 Å². The van der Waals surface area contributed by atoms with Gasteiger partial charge in [0.25, 0.3) is 0 Å². The van der Waals surface area contributed by atoms with Crippen molar-refractivity contribution in [2.75, 3.05) is 0 Å². The monoisotopic (exact) mass is 596 g/mol. The van der Waals surface area contributed by atoms with Crippen LogP contribution in [0.2, 0.25) is 0 Å². The fourth-order valence-corrected chi connectivity index (χ4v) is 7.31. The lowest BCUT2D eigenvalue weighted by Crippen LogP contribution is -2.41. The Bertz CT molecular complexity index is 1400. The van der Waals surface area contributed by atoms with E-state index in [1.54, 1.807) is 0 Å². The Balaban J connectivity index is 1.70. The van der Waals surface area contributed by atoms with Crippen molar-refractivity contribution in [2.24, 2.45) is 9.98 Å². The quantitative estimate of drug-likeness (QED) is 0.220. The molecule has 0 unspecified atom stereocenters. The van der Waals surface area contributed by atoms with E-state index in [4.69, 9.17) is 9.98 Å². The van der Waals surface area contributed by atoms with E-state index in [0.717, 1.165) is 54.0 Å². The van der Waals surface area contributed by atoms with Crippen LogP contribution in [0.3, 0.4) is 0 Å². The van der Waals surface area contributed by atoms with Gasteiger partial charge in [0.15, 0.2) is 0 Å². The molecule has 36 heavy (non-hydrogen) atoms. The first-order valence-electron chi connectivity index (χ1n) is 12.2. The van der Waals surface area contributed by atoms with Crippen LogP contribution >= 0.6 is 31.9 Å². The van der Waals surface area contributed by atoms with E-state index in [1.807, 2.05) is 0 Å². The summed E-state index contributed by atoms with van der Waals surface area (Å²) >= 11 is 7.30. The van der Waals surface area contributed by atoms with Crippen molar-refractivity contribution in [3.05, 3.63) is 126 Å². The maximum atomic E-state index is 5.45. The second-order valence-corrected chi connectivity index (χ2v) is 11.7. The molecule has 0 aliphatic heterocycles. The van der Waals surface area contributed by atoms with Crippen molar-refractivity contribution >= 4 is 54.7 Å². The van der Waals surface area contributed by atoms with Gasteiger partial charge in [-0.05, 0) is 96.5 Å². The van der Waals surface area contributed by atoms with Gasteiger partial charge in [0, 0.05) is 8.95 Å². The van der Waals surface area contributed by atoms with Gasteiger partial charge < -0.3 is 0 Å². The third kappa shape index (κ3) is 3.74. The smallest absolute Gasteiger partial charge is 0.0754 e. The molecule has 3 aliphatic rings. The molecular formula is C32H26Br2N2. The molecule has 4 heteroatoms. The lowest BCUT2D eigenvalue weighted by atomic mass is 9.61. The number of hydrogen-bond donors (Lipinski definition) is 0. The average Bonchev–Trinajstić information content (AvgIpc) is 2.84. The summed E-state index contributed by atoms with van der Waals surface area (Å²) in [4.78, 5) is 10.9. The predicted octanol–water partition coefficient (Wildman–Crippen LogP) is 9.58. The minimum absolute atomic E-state index is 0.0552. The molecule has 178 valence electrons. The zero-order valence-corrected chi connectivity index (χ0v) is 23.9. The SMILES string of the molecule is Cc1cc(Br)cc(C)c1N=C1C(=Nc2c(C)cc(Br)cc2C)C2c3ccccc3C1c1ccccc12. The molecule has 0 amide bonds. The minimum Gasteiger partial charge on any atom is -0.250 e. The number of hydrogen-bond acceptors (Lipinski definition) is 2. The predicted molar refractivity (Wildman–Crippen MR) is 158 cm³/mol. The van der Waals surface area contributed by atoms with Crippen molar-refractivity contribution in [1.29, 1.82) is 0 Å². The van der Waals surface area contributed by atoms with Crippen molar-refractivity contribution in [3.63, 3.8) is 0 Å². The lowest BCUT2D eigenvalue weighted by molar-refractivity contribution is 0.876. The van der Waals surface area contributed by atoms with Gasteiger partial charge in [-0.25, -0.2) is 9.98 Å². The van der Waals surface area contributed by atoms with E-state index in [-0.39, 0.29) is 11.8 Å². The van der Waals surface area contributed by atoms with Crippen molar-refractivity contribution in [3.8, 4) is 0 Å². The molecule has 0 aromatic heterocycles. The molecule has 4 aromatic rings. The van der Waals surface area contributed by atoms with Gasteiger partial charge in [-0.15, -0.1) is 0 Å². The Kier molecular flexibility index (Phi) is 5.85. The second kappa shape index (κ2) is 8.93. The highest BCUT2D eigenvalue weighted by atomic mass is 79.9. The second-order valence-electron chi connectivity index (χ2n) is 9.89. The summed E-state index contributed by atoms with van der Waals surface area (Å²) in [5.41, 5.74) is 14.2. The summed E-state index contributed by atoms with van der Waals surface area (Å²) < 4.78 is 2.16. The molecule has 0 saturated carbocycles. The fourth-order valence-electron chi connectivity index (χ4n) is 5.94. The van der Waals surface area contributed by atoms with Gasteiger partial charge in [-0.3, -0.25) is 0 Å². The van der Waals surface area contributed by atoms with Crippen molar-refractivity contribution in [2.45, 2.75) is 39.5 Å². The van der Waals surface area contributed by atoms with Crippen LogP contribution in [0.25, 0.3) is 0 Å². The summed E-state index contributed by atoms with van der Waals surface area (Å²) in [6, 6.07) is 26.3. The first-order chi connectivity index (χ1) is 17.3. The number of benzene rings is 4. The highest BCUT2D eigenvalue weighted by Gasteiger charge is 2.45. The van der Waals surface area contributed by atoms with Crippen LogP contribution in [0.15, 0.2) is 91.7 Å².